The van der Waals surface area contributed by atoms with Crippen LogP contribution in [0.2, 0.25) is 0 Å². The van der Waals surface area contributed by atoms with Crippen molar-refractivity contribution in [1.82, 2.24) is 0 Å². The normalized spacial score (nSPS) is 10.0. The van der Waals surface area contributed by atoms with Crippen LogP contribution >= 0.6 is 23.6 Å². The number of anilines is 2. The van der Waals surface area contributed by atoms with Gasteiger partial charge >= 0.3 is 11.9 Å². The molecule has 2 rings (SSSR count). The van der Waals surface area contributed by atoms with Crippen molar-refractivity contribution in [3.05, 3.63) is 46.3 Å². The van der Waals surface area contributed by atoms with E-state index in [0.29, 0.717) is 26.9 Å². The molecule has 0 saturated heterocycles. The van der Waals surface area contributed by atoms with E-state index in [0.717, 1.165) is 11.3 Å². The minimum Gasteiger partial charge on any atom is -0.465 e. The Morgan fingerprint density at radius 2 is 1.84 bits per heavy atom. The fourth-order valence-corrected chi connectivity index (χ4v) is 3.35. The smallest absolute Gasteiger partial charge is 0.340 e. The maximum Gasteiger partial charge on any atom is 0.340 e. The standard InChI is InChI=1S/C17H18N2O4S2/c1-4-12-9-13(16(21)23-3)14(25-12)19-17(24)18-11-7-5-6-10(8-11)15(20)22-2/h5-9H,4H2,1-3H3,(H2,18,19,24). The second-order valence-electron chi connectivity index (χ2n) is 4.95. The Balaban J connectivity index is 2.14. The number of rotatable bonds is 5. The molecule has 0 atom stereocenters. The molecule has 0 aliphatic carbocycles. The first-order valence-electron chi connectivity index (χ1n) is 7.45. The fourth-order valence-electron chi connectivity index (χ4n) is 2.08. The molecule has 0 fully saturated rings. The van der Waals surface area contributed by atoms with Crippen molar-refractivity contribution in [2.75, 3.05) is 24.9 Å². The number of benzene rings is 1. The lowest BCUT2D eigenvalue weighted by atomic mass is 10.2. The molecule has 1 aromatic heterocycles. The van der Waals surface area contributed by atoms with Gasteiger partial charge in [-0.3, -0.25) is 0 Å². The molecule has 2 N–H and O–H groups in total. The molecule has 0 radical (unpaired) electrons. The Bertz CT molecular complexity index is 802. The monoisotopic (exact) mass is 378 g/mol. The van der Waals surface area contributed by atoms with Crippen LogP contribution < -0.4 is 10.6 Å². The molecule has 0 spiro atoms. The van der Waals surface area contributed by atoms with Gasteiger partial charge in [-0.1, -0.05) is 13.0 Å². The molecule has 1 aromatic carbocycles. The molecular weight excluding hydrogens is 360 g/mol. The number of carbonyl (C=O) groups is 2. The Morgan fingerprint density at radius 1 is 1.12 bits per heavy atom. The van der Waals surface area contributed by atoms with E-state index >= 15 is 0 Å². The minimum atomic E-state index is -0.429. The van der Waals surface area contributed by atoms with Crippen molar-refractivity contribution in [2.24, 2.45) is 0 Å². The lowest BCUT2D eigenvalue weighted by Gasteiger charge is -2.11. The summed E-state index contributed by atoms with van der Waals surface area (Å²) in [5, 5.41) is 6.92. The van der Waals surface area contributed by atoms with Crippen LogP contribution in [0.3, 0.4) is 0 Å². The Morgan fingerprint density at radius 3 is 2.48 bits per heavy atom. The summed E-state index contributed by atoms with van der Waals surface area (Å²) in [7, 11) is 2.66. The molecule has 0 saturated carbocycles. The highest BCUT2D eigenvalue weighted by Crippen LogP contribution is 2.29. The predicted molar refractivity (Wildman–Crippen MR) is 103 cm³/mol. The van der Waals surface area contributed by atoms with Crippen LogP contribution in [0.15, 0.2) is 30.3 Å². The van der Waals surface area contributed by atoms with Crippen LogP contribution in [0.25, 0.3) is 0 Å². The molecule has 25 heavy (non-hydrogen) atoms. The van der Waals surface area contributed by atoms with E-state index in [-0.39, 0.29) is 0 Å². The molecule has 1 heterocycles. The van der Waals surface area contributed by atoms with Gasteiger partial charge in [-0.2, -0.15) is 0 Å². The number of aryl methyl sites for hydroxylation is 1. The Labute approximate surface area is 155 Å². The van der Waals surface area contributed by atoms with Crippen molar-refractivity contribution in [1.29, 1.82) is 0 Å². The van der Waals surface area contributed by atoms with Gasteiger partial charge in [0.2, 0.25) is 0 Å². The van der Waals surface area contributed by atoms with Crippen LogP contribution in [-0.2, 0) is 15.9 Å². The van der Waals surface area contributed by atoms with Gasteiger partial charge in [-0.05, 0) is 42.9 Å². The molecule has 0 unspecified atom stereocenters. The van der Waals surface area contributed by atoms with Gasteiger partial charge in [0, 0.05) is 10.6 Å². The van der Waals surface area contributed by atoms with Crippen LogP contribution in [0, 0.1) is 0 Å². The first-order chi connectivity index (χ1) is 12.0. The number of thiocarbonyl (C=S) groups is 1. The average molecular weight is 378 g/mol. The van der Waals surface area contributed by atoms with Crippen LogP contribution in [0.4, 0.5) is 10.7 Å². The van der Waals surface area contributed by atoms with E-state index in [2.05, 4.69) is 10.6 Å². The number of ether oxygens (including phenoxy) is 2. The Hall–Kier alpha value is -2.45. The summed E-state index contributed by atoms with van der Waals surface area (Å²) in [5.74, 6) is -0.852. The number of hydrogen-bond donors (Lipinski definition) is 2. The third kappa shape index (κ3) is 4.77. The number of thiophene rings is 1. The summed E-state index contributed by atoms with van der Waals surface area (Å²) < 4.78 is 9.50. The lowest BCUT2D eigenvalue weighted by Crippen LogP contribution is -2.20. The highest BCUT2D eigenvalue weighted by molar-refractivity contribution is 7.80. The van der Waals surface area contributed by atoms with E-state index in [4.69, 9.17) is 21.7 Å². The van der Waals surface area contributed by atoms with E-state index in [1.165, 1.54) is 25.6 Å². The average Bonchev–Trinajstić information content (AvgIpc) is 3.03. The number of nitrogens with one attached hydrogen (secondary N) is 2. The quantitative estimate of drug-likeness (QED) is 0.607. The van der Waals surface area contributed by atoms with E-state index in [1.807, 2.05) is 6.92 Å². The van der Waals surface area contributed by atoms with Gasteiger partial charge < -0.3 is 20.1 Å². The summed E-state index contributed by atoms with van der Waals surface area (Å²) in [6.07, 6.45) is 0.803. The Kier molecular flexibility index (Phi) is 6.49. The van der Waals surface area contributed by atoms with Gasteiger partial charge in [0.1, 0.15) is 5.00 Å². The summed E-state index contributed by atoms with van der Waals surface area (Å²) >= 11 is 6.74. The van der Waals surface area contributed by atoms with Gasteiger partial charge in [-0.25, -0.2) is 9.59 Å². The summed E-state index contributed by atoms with van der Waals surface area (Å²) in [5.41, 5.74) is 1.49. The fraction of sp³-hybridized carbons (Fsp3) is 0.235. The number of carbonyl (C=O) groups excluding carboxylic acids is 2. The second-order valence-corrected chi connectivity index (χ2v) is 6.50. The topological polar surface area (TPSA) is 76.7 Å². The summed E-state index contributed by atoms with van der Waals surface area (Å²) in [4.78, 5) is 24.5. The zero-order chi connectivity index (χ0) is 18.4. The number of esters is 2. The molecule has 0 bridgehead atoms. The molecule has 2 aromatic rings. The van der Waals surface area contributed by atoms with Gasteiger partial charge in [0.15, 0.2) is 5.11 Å². The molecule has 132 valence electrons. The predicted octanol–water partition coefficient (Wildman–Crippen LogP) is 3.69. The summed E-state index contributed by atoms with van der Waals surface area (Å²) in [6, 6.07) is 8.56. The van der Waals surface area contributed by atoms with Crippen molar-refractivity contribution in [3.8, 4) is 0 Å². The molecule has 0 aliphatic heterocycles. The highest BCUT2D eigenvalue weighted by atomic mass is 32.1. The lowest BCUT2D eigenvalue weighted by molar-refractivity contribution is 0.0592. The third-order valence-corrected chi connectivity index (χ3v) is 4.70. The van der Waals surface area contributed by atoms with Crippen LogP contribution in [0.1, 0.15) is 32.5 Å². The number of hydrogen-bond acceptors (Lipinski definition) is 6. The largest absolute Gasteiger partial charge is 0.465 e. The van der Waals surface area contributed by atoms with Gasteiger partial charge in [-0.15, -0.1) is 11.3 Å². The minimum absolute atomic E-state index is 0.302. The molecular formula is C17H18N2O4S2. The zero-order valence-corrected chi connectivity index (χ0v) is 15.7. The zero-order valence-electron chi connectivity index (χ0n) is 14.0. The maximum absolute atomic E-state index is 11.9. The molecule has 6 nitrogen and oxygen atoms in total. The van der Waals surface area contributed by atoms with E-state index in [9.17, 15) is 9.59 Å². The summed E-state index contributed by atoms with van der Waals surface area (Å²) in [6.45, 7) is 2.01. The van der Waals surface area contributed by atoms with Gasteiger partial charge in [0.25, 0.3) is 0 Å². The molecule has 0 amide bonds. The first-order valence-corrected chi connectivity index (χ1v) is 8.68. The van der Waals surface area contributed by atoms with E-state index in [1.54, 1.807) is 30.3 Å². The van der Waals surface area contributed by atoms with Gasteiger partial charge in [0.05, 0.1) is 25.3 Å². The van der Waals surface area contributed by atoms with Crippen LogP contribution in [0.5, 0.6) is 0 Å². The highest BCUT2D eigenvalue weighted by Gasteiger charge is 2.17. The first kappa shape index (κ1) is 18.9. The molecule has 0 aliphatic rings. The van der Waals surface area contributed by atoms with Crippen molar-refractivity contribution in [3.63, 3.8) is 0 Å². The second kappa shape index (κ2) is 8.59. The molecule has 8 heteroatoms. The number of methoxy groups -OCH3 is 2. The third-order valence-electron chi connectivity index (χ3n) is 3.31. The van der Waals surface area contributed by atoms with Crippen molar-refractivity contribution < 1.29 is 19.1 Å². The van der Waals surface area contributed by atoms with Crippen LogP contribution in [-0.4, -0.2) is 31.3 Å². The SMILES string of the molecule is CCc1cc(C(=O)OC)c(NC(=S)Nc2cccc(C(=O)OC)c2)s1. The van der Waals surface area contributed by atoms with Crippen molar-refractivity contribution in [2.45, 2.75) is 13.3 Å². The van der Waals surface area contributed by atoms with Crippen molar-refractivity contribution >= 4 is 51.3 Å². The van der Waals surface area contributed by atoms with E-state index < -0.39 is 11.9 Å². The maximum atomic E-state index is 11.9.